The van der Waals surface area contributed by atoms with Gasteiger partial charge >= 0.3 is 0 Å². The molecule has 0 bridgehead atoms. The van der Waals surface area contributed by atoms with Crippen LogP contribution in [0.15, 0.2) is 36.5 Å². The molecule has 0 fully saturated rings. The number of rotatable bonds is 4. The fraction of sp³-hybridized carbons (Fsp3) is 0.231. The van der Waals surface area contributed by atoms with E-state index in [4.69, 9.17) is 5.73 Å². The molecule has 0 radical (unpaired) electrons. The Morgan fingerprint density at radius 3 is 2.83 bits per heavy atom. The summed E-state index contributed by atoms with van der Waals surface area (Å²) >= 11 is 0. The maximum absolute atomic E-state index is 9.52. The Balaban J connectivity index is 2.38. The standard InChI is InChI=1S/C13H16N4O/c1-2-17(11-4-3-5-12(18)8-11)13-15-7-6-10(9-14)16-13/h3-8,18H,2,9,14H2,1H3. The number of phenols is 1. The average Bonchev–Trinajstić information content (AvgIpc) is 2.40. The molecule has 0 spiro atoms. The summed E-state index contributed by atoms with van der Waals surface area (Å²) in [5.74, 6) is 0.812. The Bertz CT molecular complexity index is 530. The zero-order chi connectivity index (χ0) is 13.0. The molecule has 5 nitrogen and oxygen atoms in total. The van der Waals surface area contributed by atoms with Gasteiger partial charge in [-0.1, -0.05) is 6.07 Å². The lowest BCUT2D eigenvalue weighted by atomic mass is 10.2. The molecule has 0 unspecified atom stereocenters. The van der Waals surface area contributed by atoms with Crippen LogP contribution in [0.3, 0.4) is 0 Å². The summed E-state index contributed by atoms with van der Waals surface area (Å²) in [4.78, 5) is 10.5. The van der Waals surface area contributed by atoms with E-state index in [0.29, 0.717) is 19.0 Å². The third-order valence-corrected chi connectivity index (χ3v) is 2.61. The molecule has 1 aromatic carbocycles. The summed E-state index contributed by atoms with van der Waals surface area (Å²) in [6.45, 7) is 3.09. The highest BCUT2D eigenvalue weighted by atomic mass is 16.3. The molecule has 0 saturated carbocycles. The molecule has 3 N–H and O–H groups in total. The fourth-order valence-electron chi connectivity index (χ4n) is 1.73. The lowest BCUT2D eigenvalue weighted by molar-refractivity contribution is 0.475. The van der Waals surface area contributed by atoms with Gasteiger partial charge in [-0.05, 0) is 25.1 Å². The first kappa shape index (κ1) is 12.3. The van der Waals surface area contributed by atoms with Crippen LogP contribution in [0.2, 0.25) is 0 Å². The van der Waals surface area contributed by atoms with E-state index in [1.807, 2.05) is 17.9 Å². The smallest absolute Gasteiger partial charge is 0.230 e. The molecular formula is C13H16N4O. The Morgan fingerprint density at radius 1 is 1.33 bits per heavy atom. The van der Waals surface area contributed by atoms with Crippen molar-refractivity contribution in [2.45, 2.75) is 13.5 Å². The summed E-state index contributed by atoms with van der Waals surface area (Å²) in [7, 11) is 0. The second kappa shape index (κ2) is 5.46. The van der Waals surface area contributed by atoms with Gasteiger partial charge in [0.25, 0.3) is 0 Å². The quantitative estimate of drug-likeness (QED) is 0.857. The topological polar surface area (TPSA) is 75.3 Å². The lowest BCUT2D eigenvalue weighted by Gasteiger charge is -2.21. The molecule has 94 valence electrons. The van der Waals surface area contributed by atoms with Crippen LogP contribution in [0.5, 0.6) is 5.75 Å². The second-order valence-corrected chi connectivity index (χ2v) is 3.82. The minimum Gasteiger partial charge on any atom is -0.508 e. The predicted molar refractivity (Wildman–Crippen MR) is 70.7 cm³/mol. The van der Waals surface area contributed by atoms with Gasteiger partial charge < -0.3 is 15.7 Å². The number of hydrogen-bond acceptors (Lipinski definition) is 5. The van der Waals surface area contributed by atoms with Crippen LogP contribution in [0.25, 0.3) is 0 Å². The van der Waals surface area contributed by atoms with Crippen molar-refractivity contribution in [2.24, 2.45) is 5.73 Å². The van der Waals surface area contributed by atoms with Crippen LogP contribution in [0, 0.1) is 0 Å². The van der Waals surface area contributed by atoms with Crippen LogP contribution in [-0.4, -0.2) is 21.6 Å². The molecule has 0 aliphatic heterocycles. The predicted octanol–water partition coefficient (Wildman–Crippen LogP) is 1.80. The highest BCUT2D eigenvalue weighted by Crippen LogP contribution is 2.24. The Morgan fingerprint density at radius 2 is 2.17 bits per heavy atom. The molecular weight excluding hydrogens is 228 g/mol. The van der Waals surface area contributed by atoms with Crippen molar-refractivity contribution in [1.29, 1.82) is 0 Å². The molecule has 0 saturated heterocycles. The average molecular weight is 244 g/mol. The highest BCUT2D eigenvalue weighted by Gasteiger charge is 2.10. The normalized spacial score (nSPS) is 10.3. The summed E-state index contributed by atoms with van der Waals surface area (Å²) in [5, 5.41) is 9.52. The summed E-state index contributed by atoms with van der Waals surface area (Å²) in [5.41, 5.74) is 7.22. The van der Waals surface area contributed by atoms with Gasteiger partial charge in [-0.3, -0.25) is 0 Å². The van der Waals surface area contributed by atoms with E-state index >= 15 is 0 Å². The van der Waals surface area contributed by atoms with E-state index in [0.717, 1.165) is 11.4 Å². The van der Waals surface area contributed by atoms with Gasteiger partial charge in [-0.15, -0.1) is 0 Å². The van der Waals surface area contributed by atoms with Gasteiger partial charge in [0.15, 0.2) is 0 Å². The molecule has 0 atom stereocenters. The van der Waals surface area contributed by atoms with Crippen molar-refractivity contribution in [3.63, 3.8) is 0 Å². The van der Waals surface area contributed by atoms with Crippen molar-refractivity contribution in [3.8, 4) is 5.75 Å². The number of hydrogen-bond donors (Lipinski definition) is 2. The highest BCUT2D eigenvalue weighted by molar-refractivity contribution is 5.59. The molecule has 1 heterocycles. The zero-order valence-corrected chi connectivity index (χ0v) is 10.2. The zero-order valence-electron chi connectivity index (χ0n) is 10.2. The Kier molecular flexibility index (Phi) is 3.74. The van der Waals surface area contributed by atoms with Crippen molar-refractivity contribution in [3.05, 3.63) is 42.2 Å². The molecule has 2 aromatic rings. The molecule has 1 aromatic heterocycles. The van der Waals surface area contributed by atoms with E-state index in [1.165, 1.54) is 0 Å². The molecule has 2 rings (SSSR count). The third-order valence-electron chi connectivity index (χ3n) is 2.61. The van der Waals surface area contributed by atoms with E-state index in [9.17, 15) is 5.11 Å². The van der Waals surface area contributed by atoms with Gasteiger partial charge in [0.05, 0.1) is 5.69 Å². The Hall–Kier alpha value is -2.14. The third kappa shape index (κ3) is 2.57. The summed E-state index contributed by atoms with van der Waals surface area (Å²) in [6.07, 6.45) is 1.69. The van der Waals surface area contributed by atoms with Crippen molar-refractivity contribution in [1.82, 2.24) is 9.97 Å². The van der Waals surface area contributed by atoms with E-state index in [1.54, 1.807) is 30.5 Å². The van der Waals surface area contributed by atoms with E-state index in [2.05, 4.69) is 9.97 Å². The summed E-state index contributed by atoms with van der Waals surface area (Å²) < 4.78 is 0. The van der Waals surface area contributed by atoms with E-state index < -0.39 is 0 Å². The molecule has 0 aliphatic rings. The van der Waals surface area contributed by atoms with Crippen LogP contribution in [0.4, 0.5) is 11.6 Å². The van der Waals surface area contributed by atoms with Gasteiger partial charge in [0, 0.05) is 31.0 Å². The van der Waals surface area contributed by atoms with E-state index in [-0.39, 0.29) is 5.75 Å². The molecule has 0 amide bonds. The van der Waals surface area contributed by atoms with Gasteiger partial charge in [-0.2, -0.15) is 0 Å². The molecule has 5 heteroatoms. The number of nitrogens with two attached hydrogens (primary N) is 1. The maximum atomic E-state index is 9.52. The minimum absolute atomic E-state index is 0.223. The van der Waals surface area contributed by atoms with Crippen LogP contribution < -0.4 is 10.6 Å². The van der Waals surface area contributed by atoms with Crippen molar-refractivity contribution < 1.29 is 5.11 Å². The first-order valence-electron chi connectivity index (χ1n) is 5.83. The second-order valence-electron chi connectivity index (χ2n) is 3.82. The maximum Gasteiger partial charge on any atom is 0.230 e. The number of nitrogens with zero attached hydrogens (tertiary/aromatic N) is 3. The van der Waals surface area contributed by atoms with Gasteiger partial charge in [0.1, 0.15) is 5.75 Å². The number of benzene rings is 1. The van der Waals surface area contributed by atoms with Crippen LogP contribution in [0.1, 0.15) is 12.6 Å². The number of aromatic nitrogens is 2. The Labute approximate surface area is 106 Å². The minimum atomic E-state index is 0.223. The number of phenolic OH excluding ortho intramolecular Hbond substituents is 1. The number of aromatic hydroxyl groups is 1. The monoisotopic (exact) mass is 244 g/mol. The lowest BCUT2D eigenvalue weighted by Crippen LogP contribution is -2.19. The largest absolute Gasteiger partial charge is 0.508 e. The molecule has 0 aliphatic carbocycles. The van der Waals surface area contributed by atoms with Gasteiger partial charge in [-0.25, -0.2) is 9.97 Å². The molecule has 18 heavy (non-hydrogen) atoms. The fourth-order valence-corrected chi connectivity index (χ4v) is 1.73. The first-order chi connectivity index (χ1) is 8.74. The SMILES string of the molecule is CCN(c1cccc(O)c1)c1nccc(CN)n1. The van der Waals surface area contributed by atoms with Crippen LogP contribution >= 0.6 is 0 Å². The van der Waals surface area contributed by atoms with Gasteiger partial charge in [0.2, 0.25) is 5.95 Å². The summed E-state index contributed by atoms with van der Waals surface area (Å²) in [6, 6.07) is 8.80. The van der Waals surface area contributed by atoms with Crippen LogP contribution in [-0.2, 0) is 6.54 Å². The first-order valence-corrected chi connectivity index (χ1v) is 5.83. The van der Waals surface area contributed by atoms with Crippen molar-refractivity contribution >= 4 is 11.6 Å². The number of anilines is 2. The van der Waals surface area contributed by atoms with Crippen molar-refractivity contribution in [2.75, 3.05) is 11.4 Å².